The van der Waals surface area contributed by atoms with Crippen molar-refractivity contribution in [2.45, 2.75) is 37.8 Å². The van der Waals surface area contributed by atoms with Gasteiger partial charge >= 0.3 is 6.03 Å². The molecule has 1 aromatic heterocycles. The van der Waals surface area contributed by atoms with Crippen molar-refractivity contribution in [3.05, 3.63) is 36.7 Å². The lowest BCUT2D eigenvalue weighted by Gasteiger charge is -2.30. The van der Waals surface area contributed by atoms with Gasteiger partial charge in [0.05, 0.1) is 12.3 Å². The van der Waals surface area contributed by atoms with Crippen LogP contribution in [-0.2, 0) is 4.74 Å². The Morgan fingerprint density at radius 3 is 2.71 bits per heavy atom. The molecule has 6 heteroatoms. The number of nitrogens with zero attached hydrogens (tertiary/aromatic N) is 1. The first-order valence-corrected chi connectivity index (χ1v) is 8.47. The molecule has 0 spiro atoms. The fourth-order valence-corrected chi connectivity index (χ4v) is 3.17. The molecule has 2 heterocycles. The molecule has 2 N–H and O–H groups in total. The number of amides is 2. The van der Waals surface area contributed by atoms with Crippen molar-refractivity contribution in [3.63, 3.8) is 0 Å². The van der Waals surface area contributed by atoms with E-state index in [4.69, 9.17) is 9.15 Å². The summed E-state index contributed by atoms with van der Waals surface area (Å²) in [5.41, 5.74) is 1.62. The van der Waals surface area contributed by atoms with Gasteiger partial charge in [-0.1, -0.05) is 0 Å². The first kappa shape index (κ1) is 15.2. The summed E-state index contributed by atoms with van der Waals surface area (Å²) in [5.74, 6) is 1.28. The standard InChI is InChI=1S/C18H21N3O3/c22-18(21-15-7-9-23-16(11-15)12-1-2-12)20-14-5-3-13(4-6-14)17-19-8-10-24-17/h3-6,8,10,12,15-16H,1-2,7,9,11H2,(H2,20,21,22)/t15-,16+/m1/s1. The minimum Gasteiger partial charge on any atom is -0.445 e. The molecular weight excluding hydrogens is 306 g/mol. The maximum Gasteiger partial charge on any atom is 0.319 e. The Hall–Kier alpha value is -2.34. The largest absolute Gasteiger partial charge is 0.445 e. The molecule has 1 saturated carbocycles. The van der Waals surface area contributed by atoms with Gasteiger partial charge in [0.1, 0.15) is 6.26 Å². The Morgan fingerprint density at radius 1 is 1.17 bits per heavy atom. The Balaban J connectivity index is 1.30. The Kier molecular flexibility index (Phi) is 4.21. The second kappa shape index (κ2) is 6.65. The number of carbonyl (C=O) groups excluding carboxylic acids is 1. The van der Waals surface area contributed by atoms with Gasteiger partial charge in [0.25, 0.3) is 0 Å². The van der Waals surface area contributed by atoms with Crippen LogP contribution in [0, 0.1) is 5.92 Å². The summed E-state index contributed by atoms with van der Waals surface area (Å²) in [4.78, 5) is 16.3. The summed E-state index contributed by atoms with van der Waals surface area (Å²) >= 11 is 0. The number of oxazole rings is 1. The molecule has 1 saturated heterocycles. The minimum absolute atomic E-state index is 0.166. The Labute approximate surface area is 140 Å². The average molecular weight is 327 g/mol. The molecule has 2 fully saturated rings. The minimum atomic E-state index is -0.166. The van der Waals surface area contributed by atoms with Crippen molar-refractivity contribution in [2.24, 2.45) is 5.92 Å². The number of ether oxygens (including phenoxy) is 1. The zero-order chi connectivity index (χ0) is 16.4. The number of benzene rings is 1. The van der Waals surface area contributed by atoms with Crippen LogP contribution in [0.15, 0.2) is 41.1 Å². The highest BCUT2D eigenvalue weighted by molar-refractivity contribution is 5.89. The van der Waals surface area contributed by atoms with E-state index in [0.29, 0.717) is 17.9 Å². The number of hydrogen-bond acceptors (Lipinski definition) is 4. The summed E-state index contributed by atoms with van der Waals surface area (Å²) in [6.07, 6.45) is 7.79. The van der Waals surface area contributed by atoms with E-state index in [2.05, 4.69) is 15.6 Å². The lowest BCUT2D eigenvalue weighted by Crippen LogP contribution is -2.44. The predicted molar refractivity (Wildman–Crippen MR) is 89.6 cm³/mol. The van der Waals surface area contributed by atoms with E-state index in [1.807, 2.05) is 24.3 Å². The number of urea groups is 1. The third kappa shape index (κ3) is 3.59. The van der Waals surface area contributed by atoms with Gasteiger partial charge in [-0.25, -0.2) is 9.78 Å². The van der Waals surface area contributed by atoms with Gasteiger partial charge in [0.2, 0.25) is 5.89 Å². The van der Waals surface area contributed by atoms with Crippen molar-refractivity contribution < 1.29 is 13.9 Å². The normalized spacial score (nSPS) is 23.7. The lowest BCUT2D eigenvalue weighted by molar-refractivity contribution is -0.00889. The van der Waals surface area contributed by atoms with Gasteiger partial charge in [0, 0.05) is 23.9 Å². The van der Waals surface area contributed by atoms with Crippen LogP contribution in [0.5, 0.6) is 0 Å². The number of carbonyl (C=O) groups is 1. The van der Waals surface area contributed by atoms with Gasteiger partial charge in [-0.05, 0) is 55.9 Å². The molecule has 2 aliphatic rings. The van der Waals surface area contributed by atoms with Crippen molar-refractivity contribution in [1.82, 2.24) is 10.3 Å². The van der Waals surface area contributed by atoms with Crippen LogP contribution in [0.2, 0.25) is 0 Å². The lowest BCUT2D eigenvalue weighted by atomic mass is 10.0. The van der Waals surface area contributed by atoms with Gasteiger partial charge in [-0.2, -0.15) is 0 Å². The molecule has 0 bridgehead atoms. The van der Waals surface area contributed by atoms with E-state index < -0.39 is 0 Å². The van der Waals surface area contributed by atoms with Crippen LogP contribution in [0.25, 0.3) is 11.5 Å². The van der Waals surface area contributed by atoms with Crippen LogP contribution < -0.4 is 10.6 Å². The molecule has 1 aliphatic heterocycles. The number of nitrogens with one attached hydrogen (secondary N) is 2. The molecule has 126 valence electrons. The van der Waals surface area contributed by atoms with E-state index >= 15 is 0 Å². The third-order valence-corrected chi connectivity index (χ3v) is 4.62. The maximum atomic E-state index is 12.2. The molecule has 0 radical (unpaired) electrons. The zero-order valence-corrected chi connectivity index (χ0v) is 13.4. The first-order valence-electron chi connectivity index (χ1n) is 8.47. The van der Waals surface area contributed by atoms with Crippen LogP contribution in [0.4, 0.5) is 10.5 Å². The monoisotopic (exact) mass is 327 g/mol. The molecule has 1 aliphatic carbocycles. The van der Waals surface area contributed by atoms with Crippen molar-refractivity contribution >= 4 is 11.7 Å². The highest BCUT2D eigenvalue weighted by atomic mass is 16.5. The molecule has 1 aromatic carbocycles. The van der Waals surface area contributed by atoms with Crippen molar-refractivity contribution in [3.8, 4) is 11.5 Å². The quantitative estimate of drug-likeness (QED) is 0.902. The van der Waals surface area contributed by atoms with E-state index in [1.54, 1.807) is 6.20 Å². The second-order valence-electron chi connectivity index (χ2n) is 6.48. The fourth-order valence-electron chi connectivity index (χ4n) is 3.17. The number of anilines is 1. The van der Waals surface area contributed by atoms with Crippen LogP contribution in [0.3, 0.4) is 0 Å². The maximum absolute atomic E-state index is 12.2. The highest BCUT2D eigenvalue weighted by Gasteiger charge is 2.36. The SMILES string of the molecule is O=C(Nc1ccc(-c2ncco2)cc1)N[C@@H]1CCO[C@H](C2CC2)C1. The summed E-state index contributed by atoms with van der Waals surface area (Å²) in [5, 5.41) is 5.94. The van der Waals surface area contributed by atoms with Gasteiger partial charge in [0.15, 0.2) is 0 Å². The fraction of sp³-hybridized carbons (Fsp3) is 0.444. The molecule has 2 aromatic rings. The molecule has 2 amide bonds. The van der Waals surface area contributed by atoms with E-state index in [9.17, 15) is 4.79 Å². The van der Waals surface area contributed by atoms with E-state index in [-0.39, 0.29) is 12.1 Å². The van der Waals surface area contributed by atoms with Gasteiger partial charge < -0.3 is 19.8 Å². The summed E-state index contributed by atoms with van der Waals surface area (Å²) in [7, 11) is 0. The Morgan fingerprint density at radius 2 is 2.00 bits per heavy atom. The number of rotatable bonds is 4. The first-order chi connectivity index (χ1) is 11.8. The summed E-state index contributed by atoms with van der Waals surface area (Å²) in [6, 6.07) is 7.46. The Bertz CT molecular complexity index is 680. The molecule has 6 nitrogen and oxygen atoms in total. The number of hydrogen-bond donors (Lipinski definition) is 2. The van der Waals surface area contributed by atoms with Crippen LogP contribution >= 0.6 is 0 Å². The van der Waals surface area contributed by atoms with Crippen LogP contribution in [0.1, 0.15) is 25.7 Å². The third-order valence-electron chi connectivity index (χ3n) is 4.62. The van der Waals surface area contributed by atoms with Gasteiger partial charge in [-0.3, -0.25) is 0 Å². The molecular formula is C18H21N3O3. The van der Waals surface area contributed by atoms with E-state index in [0.717, 1.165) is 30.7 Å². The van der Waals surface area contributed by atoms with Gasteiger partial charge in [-0.15, -0.1) is 0 Å². The van der Waals surface area contributed by atoms with Crippen molar-refractivity contribution in [2.75, 3.05) is 11.9 Å². The smallest absolute Gasteiger partial charge is 0.319 e. The highest BCUT2D eigenvalue weighted by Crippen LogP contribution is 2.38. The van der Waals surface area contributed by atoms with E-state index in [1.165, 1.54) is 19.1 Å². The topological polar surface area (TPSA) is 76.4 Å². The molecule has 0 unspecified atom stereocenters. The number of aromatic nitrogens is 1. The zero-order valence-electron chi connectivity index (χ0n) is 13.4. The summed E-state index contributed by atoms with van der Waals surface area (Å²) in [6.45, 7) is 0.733. The molecule has 4 rings (SSSR count). The predicted octanol–water partition coefficient (Wildman–Crippen LogP) is 3.42. The average Bonchev–Trinajstić information content (AvgIpc) is 3.31. The molecule has 24 heavy (non-hydrogen) atoms. The second-order valence-corrected chi connectivity index (χ2v) is 6.48. The van der Waals surface area contributed by atoms with Crippen LogP contribution in [-0.4, -0.2) is 29.8 Å². The van der Waals surface area contributed by atoms with Crippen molar-refractivity contribution in [1.29, 1.82) is 0 Å². The molecule has 2 atom stereocenters. The summed E-state index contributed by atoms with van der Waals surface area (Å²) < 4.78 is 11.0.